The first-order valence-corrected chi connectivity index (χ1v) is 11.5. The number of anilines is 2. The monoisotopic (exact) mass is 436 g/mol. The summed E-state index contributed by atoms with van der Waals surface area (Å²) >= 11 is 1.16. The summed E-state index contributed by atoms with van der Waals surface area (Å²) in [5.74, 6) is 0.631. The van der Waals surface area contributed by atoms with Gasteiger partial charge in [-0.3, -0.25) is 4.98 Å². The first-order chi connectivity index (χ1) is 13.7. The van der Waals surface area contributed by atoms with Crippen LogP contribution in [-0.2, 0) is 9.84 Å². The number of fused-ring (bicyclic) bond motifs is 1. The summed E-state index contributed by atoms with van der Waals surface area (Å²) < 4.78 is 26.9. The van der Waals surface area contributed by atoms with Crippen LogP contribution < -0.4 is 11.1 Å². The number of nitrogens with two attached hydrogens (primary N) is 1. The Kier molecular flexibility index (Phi) is 6.30. The Hall–Kier alpha value is -2.37. The van der Waals surface area contributed by atoms with E-state index in [-0.39, 0.29) is 28.6 Å². The molecular weight excluding hydrogens is 412 g/mol. The highest BCUT2D eigenvalue weighted by molar-refractivity contribution is 7.91. The van der Waals surface area contributed by atoms with Crippen LogP contribution >= 0.6 is 11.3 Å². The summed E-state index contributed by atoms with van der Waals surface area (Å²) in [6.45, 7) is 5.50. The molecule has 0 aliphatic carbocycles. The van der Waals surface area contributed by atoms with E-state index in [0.717, 1.165) is 11.3 Å². The van der Waals surface area contributed by atoms with Gasteiger partial charge in [-0.1, -0.05) is 31.3 Å². The molecule has 0 aromatic carbocycles. The molecule has 0 amide bonds. The number of pyridine rings is 1. The molecule has 1 unspecified atom stereocenters. The van der Waals surface area contributed by atoms with Crippen molar-refractivity contribution in [3.8, 4) is 0 Å². The summed E-state index contributed by atoms with van der Waals surface area (Å²) in [6.07, 6.45) is 2.22. The third-order valence-corrected chi connectivity index (χ3v) is 7.14. The maximum absolute atomic E-state index is 13.2. The SMILES string of the molecule is CC(C)C[C@H](CO)Nc1nc(S(=O)(=O)C(C)c2ccccn2)nc2nc(N)sc12. The highest BCUT2D eigenvalue weighted by atomic mass is 32.2. The zero-order valence-electron chi connectivity index (χ0n) is 16.4. The van der Waals surface area contributed by atoms with Gasteiger partial charge in [-0.25, -0.2) is 13.4 Å². The van der Waals surface area contributed by atoms with Crippen molar-refractivity contribution in [2.75, 3.05) is 17.7 Å². The lowest BCUT2D eigenvalue weighted by molar-refractivity contribution is 0.259. The van der Waals surface area contributed by atoms with E-state index in [1.54, 1.807) is 25.1 Å². The fraction of sp³-hybridized carbons (Fsp3) is 0.444. The highest BCUT2D eigenvalue weighted by Gasteiger charge is 2.31. The predicted octanol–water partition coefficient (Wildman–Crippen LogP) is 2.42. The number of thiazole rings is 1. The topological polar surface area (TPSA) is 144 Å². The van der Waals surface area contributed by atoms with Crippen molar-refractivity contribution in [2.45, 2.75) is 43.6 Å². The van der Waals surface area contributed by atoms with Crippen molar-refractivity contribution in [1.82, 2.24) is 19.9 Å². The van der Waals surface area contributed by atoms with E-state index in [2.05, 4.69) is 25.3 Å². The molecule has 0 saturated heterocycles. The van der Waals surface area contributed by atoms with Crippen LogP contribution in [0.2, 0.25) is 0 Å². The van der Waals surface area contributed by atoms with E-state index in [1.165, 1.54) is 6.20 Å². The summed E-state index contributed by atoms with van der Waals surface area (Å²) in [6, 6.07) is 4.80. The second-order valence-electron chi connectivity index (χ2n) is 7.15. The highest BCUT2D eigenvalue weighted by Crippen LogP contribution is 2.33. The zero-order valence-corrected chi connectivity index (χ0v) is 18.0. The Bertz CT molecular complexity index is 1090. The average molecular weight is 437 g/mol. The molecule has 0 fully saturated rings. The standard InChI is InChI=1S/C18H24N6O3S2/c1-10(2)8-12(9-25)21-15-14-16(22-17(19)28-14)24-18(23-15)29(26,27)11(3)13-6-4-5-7-20-13/h4-7,10-12,25H,8-9H2,1-3H3,(H3,19,21,22,23,24)/t11?,12-/m1/s1. The second kappa shape index (κ2) is 8.56. The van der Waals surface area contributed by atoms with Gasteiger partial charge in [0.2, 0.25) is 9.84 Å². The van der Waals surface area contributed by atoms with Gasteiger partial charge in [0.25, 0.3) is 5.16 Å². The van der Waals surface area contributed by atoms with Gasteiger partial charge in [-0.15, -0.1) is 0 Å². The van der Waals surface area contributed by atoms with Crippen LogP contribution in [0, 0.1) is 5.92 Å². The third-order valence-electron chi connectivity index (χ3n) is 4.39. The molecule has 3 rings (SSSR count). The molecule has 3 aromatic rings. The van der Waals surface area contributed by atoms with Gasteiger partial charge >= 0.3 is 0 Å². The van der Waals surface area contributed by atoms with Gasteiger partial charge in [-0.05, 0) is 31.4 Å². The number of nitrogens with one attached hydrogen (secondary N) is 1. The van der Waals surface area contributed by atoms with Gasteiger partial charge in [0, 0.05) is 6.20 Å². The van der Waals surface area contributed by atoms with Gasteiger partial charge in [0.05, 0.1) is 18.3 Å². The fourth-order valence-electron chi connectivity index (χ4n) is 2.92. The summed E-state index contributed by atoms with van der Waals surface area (Å²) in [7, 11) is -3.93. The smallest absolute Gasteiger partial charge is 0.251 e. The molecule has 9 nitrogen and oxygen atoms in total. The lowest BCUT2D eigenvalue weighted by atomic mass is 10.0. The lowest BCUT2D eigenvalue weighted by Crippen LogP contribution is -2.27. The molecule has 0 bridgehead atoms. The fourth-order valence-corrected chi connectivity index (χ4v) is 4.85. The largest absolute Gasteiger partial charge is 0.394 e. The average Bonchev–Trinajstić information content (AvgIpc) is 3.07. The van der Waals surface area contributed by atoms with E-state index >= 15 is 0 Å². The zero-order chi connectivity index (χ0) is 21.2. The van der Waals surface area contributed by atoms with Gasteiger partial charge in [0.1, 0.15) is 9.95 Å². The Morgan fingerprint density at radius 3 is 2.59 bits per heavy atom. The van der Waals surface area contributed by atoms with Crippen molar-refractivity contribution < 1.29 is 13.5 Å². The molecule has 0 radical (unpaired) electrons. The quantitative estimate of drug-likeness (QED) is 0.453. The van der Waals surface area contributed by atoms with Crippen molar-refractivity contribution in [3.05, 3.63) is 30.1 Å². The van der Waals surface area contributed by atoms with Crippen LogP contribution in [0.1, 0.15) is 38.1 Å². The van der Waals surface area contributed by atoms with Crippen LogP contribution in [0.3, 0.4) is 0 Å². The number of sulfone groups is 1. The molecule has 156 valence electrons. The minimum Gasteiger partial charge on any atom is -0.394 e. The van der Waals surface area contributed by atoms with Crippen LogP contribution in [-0.4, -0.2) is 46.1 Å². The second-order valence-corrected chi connectivity index (χ2v) is 10.3. The first kappa shape index (κ1) is 21.3. The van der Waals surface area contributed by atoms with E-state index in [4.69, 9.17) is 5.73 Å². The first-order valence-electron chi connectivity index (χ1n) is 9.18. The molecule has 0 aliphatic rings. The van der Waals surface area contributed by atoms with Crippen molar-refractivity contribution in [1.29, 1.82) is 0 Å². The number of aliphatic hydroxyl groups excluding tert-OH is 1. The molecule has 2 atom stereocenters. The summed E-state index contributed by atoms with van der Waals surface area (Å²) in [4.78, 5) is 16.7. The number of aliphatic hydroxyl groups is 1. The molecule has 4 N–H and O–H groups in total. The van der Waals surface area contributed by atoms with Crippen molar-refractivity contribution in [3.63, 3.8) is 0 Å². The minimum absolute atomic E-state index is 0.121. The maximum atomic E-state index is 13.2. The molecule has 3 aromatic heterocycles. The van der Waals surface area contributed by atoms with Crippen molar-refractivity contribution >= 4 is 42.5 Å². The molecule has 0 aliphatic heterocycles. The van der Waals surface area contributed by atoms with Crippen LogP contribution in [0.5, 0.6) is 0 Å². The number of nitrogen functional groups attached to an aromatic ring is 1. The number of nitrogens with zero attached hydrogens (tertiary/aromatic N) is 4. The number of hydrogen-bond acceptors (Lipinski definition) is 10. The molecular formula is C18H24N6O3S2. The number of rotatable bonds is 8. The Labute approximate surface area is 173 Å². The third kappa shape index (κ3) is 4.62. The Morgan fingerprint density at radius 2 is 1.97 bits per heavy atom. The van der Waals surface area contributed by atoms with E-state index in [1.807, 2.05) is 13.8 Å². The van der Waals surface area contributed by atoms with Crippen molar-refractivity contribution in [2.24, 2.45) is 5.92 Å². The molecule has 11 heteroatoms. The predicted molar refractivity (Wildman–Crippen MR) is 113 cm³/mol. The maximum Gasteiger partial charge on any atom is 0.251 e. The summed E-state index contributed by atoms with van der Waals surface area (Å²) in [5, 5.41) is 11.8. The molecule has 0 spiro atoms. The van der Waals surface area contributed by atoms with Gasteiger partial charge < -0.3 is 16.2 Å². The van der Waals surface area contributed by atoms with Gasteiger partial charge in [-0.2, -0.15) is 9.97 Å². The lowest BCUT2D eigenvalue weighted by Gasteiger charge is -2.19. The van der Waals surface area contributed by atoms with E-state index < -0.39 is 15.1 Å². The number of hydrogen-bond donors (Lipinski definition) is 3. The van der Waals surface area contributed by atoms with Crippen LogP contribution in [0.15, 0.2) is 29.6 Å². The molecule has 0 saturated carbocycles. The number of aromatic nitrogens is 4. The minimum atomic E-state index is -3.93. The Balaban J connectivity index is 2.07. The van der Waals surface area contributed by atoms with E-state index in [9.17, 15) is 13.5 Å². The summed E-state index contributed by atoms with van der Waals surface area (Å²) in [5.41, 5.74) is 6.42. The molecule has 29 heavy (non-hydrogen) atoms. The Morgan fingerprint density at radius 1 is 1.21 bits per heavy atom. The van der Waals surface area contributed by atoms with E-state index in [0.29, 0.717) is 28.6 Å². The normalized spacial score (nSPS) is 14.2. The van der Waals surface area contributed by atoms with Gasteiger partial charge in [0.15, 0.2) is 16.6 Å². The molecule has 3 heterocycles. The van der Waals surface area contributed by atoms with Crippen LogP contribution in [0.25, 0.3) is 10.3 Å². The van der Waals surface area contributed by atoms with Crippen LogP contribution in [0.4, 0.5) is 10.9 Å².